The number of hydrogen-bond acceptors (Lipinski definition) is 1. The van der Waals surface area contributed by atoms with Crippen LogP contribution in [0.1, 0.15) is 20.3 Å². The SMILES string of the molecule is C=C/C=C1/CC(=O)NC/C1=C/C=C.CC. The van der Waals surface area contributed by atoms with Crippen molar-refractivity contribution in [3.05, 3.63) is 48.6 Å². The molecule has 0 bridgehead atoms. The third kappa shape index (κ3) is 4.45. The third-order valence-electron chi connectivity index (χ3n) is 1.88. The zero-order valence-electron chi connectivity index (χ0n) is 9.55. The summed E-state index contributed by atoms with van der Waals surface area (Å²) < 4.78 is 0. The highest BCUT2D eigenvalue weighted by Crippen LogP contribution is 2.17. The summed E-state index contributed by atoms with van der Waals surface area (Å²) >= 11 is 0. The van der Waals surface area contributed by atoms with Gasteiger partial charge in [0.2, 0.25) is 5.91 Å². The van der Waals surface area contributed by atoms with Gasteiger partial charge in [-0.05, 0) is 11.1 Å². The van der Waals surface area contributed by atoms with Crippen LogP contribution in [0, 0.1) is 0 Å². The summed E-state index contributed by atoms with van der Waals surface area (Å²) in [6.45, 7) is 11.8. The predicted molar refractivity (Wildman–Crippen MR) is 65.5 cm³/mol. The standard InChI is InChI=1S/C11H13NO.C2H6/c1-3-5-9-7-11(13)12-8-10(9)6-4-2;1-2/h3-6H,1-2,7-8H2,(H,12,13);1-2H3/b9-5-,10-6-;. The van der Waals surface area contributed by atoms with Crippen molar-refractivity contribution >= 4 is 5.91 Å². The van der Waals surface area contributed by atoms with Gasteiger partial charge in [-0.15, -0.1) is 0 Å². The van der Waals surface area contributed by atoms with Crippen LogP contribution in [-0.4, -0.2) is 12.5 Å². The molecule has 1 amide bonds. The number of piperidine rings is 1. The van der Waals surface area contributed by atoms with Crippen molar-refractivity contribution < 1.29 is 4.79 Å². The first-order valence-corrected chi connectivity index (χ1v) is 5.18. The zero-order valence-corrected chi connectivity index (χ0v) is 9.55. The lowest BCUT2D eigenvalue weighted by atomic mass is 9.98. The van der Waals surface area contributed by atoms with Gasteiger partial charge in [-0.3, -0.25) is 4.79 Å². The van der Waals surface area contributed by atoms with Crippen LogP contribution in [0.5, 0.6) is 0 Å². The van der Waals surface area contributed by atoms with Crippen LogP contribution in [0.2, 0.25) is 0 Å². The lowest BCUT2D eigenvalue weighted by Gasteiger charge is -2.18. The molecule has 0 aromatic heterocycles. The zero-order chi connectivity index (χ0) is 11.7. The van der Waals surface area contributed by atoms with E-state index in [2.05, 4.69) is 18.5 Å². The van der Waals surface area contributed by atoms with Crippen LogP contribution in [-0.2, 0) is 4.79 Å². The Balaban J connectivity index is 0.000000921. The molecule has 1 N–H and O–H groups in total. The highest BCUT2D eigenvalue weighted by molar-refractivity contribution is 5.82. The van der Waals surface area contributed by atoms with Crippen molar-refractivity contribution in [3.63, 3.8) is 0 Å². The minimum Gasteiger partial charge on any atom is -0.352 e. The van der Waals surface area contributed by atoms with Gasteiger partial charge in [0.1, 0.15) is 0 Å². The molecule has 1 saturated heterocycles. The van der Waals surface area contributed by atoms with Gasteiger partial charge in [0, 0.05) is 6.54 Å². The molecule has 15 heavy (non-hydrogen) atoms. The normalized spacial score (nSPS) is 20.3. The molecule has 0 radical (unpaired) electrons. The van der Waals surface area contributed by atoms with Gasteiger partial charge in [0.15, 0.2) is 0 Å². The molecule has 1 heterocycles. The van der Waals surface area contributed by atoms with Gasteiger partial charge < -0.3 is 5.32 Å². The maximum Gasteiger partial charge on any atom is 0.224 e. The summed E-state index contributed by atoms with van der Waals surface area (Å²) in [7, 11) is 0. The number of allylic oxidation sites excluding steroid dienone is 4. The van der Waals surface area contributed by atoms with E-state index in [9.17, 15) is 4.79 Å². The fourth-order valence-electron chi connectivity index (χ4n) is 1.27. The summed E-state index contributed by atoms with van der Waals surface area (Å²) in [5, 5.41) is 2.78. The Hall–Kier alpha value is -1.57. The van der Waals surface area contributed by atoms with E-state index in [4.69, 9.17) is 0 Å². The van der Waals surface area contributed by atoms with E-state index in [0.717, 1.165) is 11.1 Å². The Morgan fingerprint density at radius 3 is 2.20 bits per heavy atom. The third-order valence-corrected chi connectivity index (χ3v) is 1.88. The average Bonchev–Trinajstić information content (AvgIpc) is 2.26. The molecule has 1 fully saturated rings. The molecule has 0 aromatic carbocycles. The number of amides is 1. The molecule has 0 aromatic rings. The van der Waals surface area contributed by atoms with Gasteiger partial charge in [0.05, 0.1) is 6.42 Å². The first kappa shape index (κ1) is 13.4. The molecule has 0 saturated carbocycles. The van der Waals surface area contributed by atoms with Crippen molar-refractivity contribution in [2.24, 2.45) is 0 Å². The lowest BCUT2D eigenvalue weighted by Crippen LogP contribution is -2.31. The minimum atomic E-state index is 0.0642. The van der Waals surface area contributed by atoms with Crippen LogP contribution >= 0.6 is 0 Å². The Morgan fingerprint density at radius 2 is 1.67 bits per heavy atom. The molecule has 2 heteroatoms. The van der Waals surface area contributed by atoms with E-state index in [0.29, 0.717) is 13.0 Å². The highest BCUT2D eigenvalue weighted by atomic mass is 16.1. The van der Waals surface area contributed by atoms with Crippen LogP contribution in [0.4, 0.5) is 0 Å². The van der Waals surface area contributed by atoms with Crippen molar-refractivity contribution in [3.8, 4) is 0 Å². The van der Waals surface area contributed by atoms with E-state index in [-0.39, 0.29) is 5.91 Å². The second-order valence-electron chi connectivity index (χ2n) is 2.81. The molecule has 1 rings (SSSR count). The van der Waals surface area contributed by atoms with Gasteiger partial charge >= 0.3 is 0 Å². The quantitative estimate of drug-likeness (QED) is 0.738. The summed E-state index contributed by atoms with van der Waals surface area (Å²) in [6.07, 6.45) is 7.64. The Kier molecular flexibility index (Phi) is 6.98. The second kappa shape index (κ2) is 7.80. The van der Waals surface area contributed by atoms with Gasteiger partial charge in [-0.25, -0.2) is 0 Å². The van der Waals surface area contributed by atoms with Crippen LogP contribution in [0.25, 0.3) is 0 Å². The molecule has 2 nitrogen and oxygen atoms in total. The second-order valence-corrected chi connectivity index (χ2v) is 2.81. The smallest absolute Gasteiger partial charge is 0.224 e. The van der Waals surface area contributed by atoms with E-state index < -0.39 is 0 Å². The molecule has 1 aliphatic heterocycles. The van der Waals surface area contributed by atoms with Crippen molar-refractivity contribution in [2.45, 2.75) is 20.3 Å². The van der Waals surface area contributed by atoms with Crippen LogP contribution in [0.3, 0.4) is 0 Å². The lowest BCUT2D eigenvalue weighted by molar-refractivity contribution is -0.120. The van der Waals surface area contributed by atoms with Gasteiger partial charge in [0.25, 0.3) is 0 Å². The van der Waals surface area contributed by atoms with Crippen molar-refractivity contribution in [1.82, 2.24) is 5.32 Å². The van der Waals surface area contributed by atoms with E-state index in [1.165, 1.54) is 0 Å². The van der Waals surface area contributed by atoms with Crippen LogP contribution in [0.15, 0.2) is 48.6 Å². The fourth-order valence-corrected chi connectivity index (χ4v) is 1.27. The minimum absolute atomic E-state index is 0.0642. The first-order chi connectivity index (χ1) is 7.27. The van der Waals surface area contributed by atoms with Gasteiger partial charge in [-0.1, -0.05) is 51.3 Å². The Bertz CT molecular complexity index is 298. The monoisotopic (exact) mass is 205 g/mol. The van der Waals surface area contributed by atoms with Crippen molar-refractivity contribution in [2.75, 3.05) is 6.54 Å². The number of carbonyl (C=O) groups is 1. The van der Waals surface area contributed by atoms with E-state index >= 15 is 0 Å². The van der Waals surface area contributed by atoms with Gasteiger partial charge in [-0.2, -0.15) is 0 Å². The topological polar surface area (TPSA) is 29.1 Å². The van der Waals surface area contributed by atoms with E-state index in [1.54, 1.807) is 12.2 Å². The molecule has 0 aliphatic carbocycles. The fraction of sp³-hybridized carbons (Fsp3) is 0.308. The predicted octanol–water partition coefficient (Wildman–Crippen LogP) is 2.76. The van der Waals surface area contributed by atoms with Crippen molar-refractivity contribution in [1.29, 1.82) is 0 Å². The summed E-state index contributed by atoms with van der Waals surface area (Å²) in [4.78, 5) is 11.1. The average molecular weight is 205 g/mol. The number of rotatable bonds is 2. The highest BCUT2D eigenvalue weighted by Gasteiger charge is 2.15. The van der Waals surface area contributed by atoms with E-state index in [1.807, 2.05) is 26.0 Å². The molecule has 0 spiro atoms. The summed E-state index contributed by atoms with van der Waals surface area (Å²) in [6, 6.07) is 0. The summed E-state index contributed by atoms with van der Waals surface area (Å²) in [5.74, 6) is 0.0642. The molecule has 0 atom stereocenters. The number of carbonyl (C=O) groups excluding carboxylic acids is 1. The molecule has 0 unspecified atom stereocenters. The Labute approximate surface area is 92.1 Å². The maximum atomic E-state index is 11.1. The molecule has 82 valence electrons. The Morgan fingerprint density at radius 1 is 1.13 bits per heavy atom. The summed E-state index contributed by atoms with van der Waals surface area (Å²) in [5.41, 5.74) is 2.13. The number of nitrogens with one attached hydrogen (secondary N) is 1. The molecular weight excluding hydrogens is 186 g/mol. The molecular formula is C13H19NO. The van der Waals surface area contributed by atoms with Crippen LogP contribution < -0.4 is 5.32 Å². The maximum absolute atomic E-state index is 11.1. The molecule has 1 aliphatic rings. The number of hydrogen-bond donors (Lipinski definition) is 1. The largest absolute Gasteiger partial charge is 0.352 e. The first-order valence-electron chi connectivity index (χ1n) is 5.18.